The Morgan fingerprint density at radius 3 is 2.86 bits per heavy atom. The van der Waals surface area contributed by atoms with Crippen LogP contribution in [0.4, 0.5) is 0 Å². The van der Waals surface area contributed by atoms with Crippen LogP contribution < -0.4 is 10.1 Å². The number of hydrogen-bond acceptors (Lipinski definition) is 6. The molecule has 0 unspecified atom stereocenters. The normalized spacial score (nSPS) is 14.0. The average molecular weight is 509 g/mol. The number of aromatic nitrogens is 3. The van der Waals surface area contributed by atoms with Crippen LogP contribution in [0.15, 0.2) is 55.0 Å². The minimum atomic E-state index is -0.559. The van der Waals surface area contributed by atoms with Crippen molar-refractivity contribution in [1.82, 2.24) is 20.1 Å². The number of nitrogens with zero attached hydrogens (tertiary/aromatic N) is 3. The highest BCUT2D eigenvalue weighted by Crippen LogP contribution is 2.30. The number of esters is 1. The summed E-state index contributed by atoms with van der Waals surface area (Å²) in [6.45, 7) is 5.10. The maximum absolute atomic E-state index is 12.6. The van der Waals surface area contributed by atoms with Crippen molar-refractivity contribution in [1.29, 1.82) is 0 Å². The predicted molar refractivity (Wildman–Crippen MR) is 137 cm³/mol. The van der Waals surface area contributed by atoms with E-state index in [4.69, 9.17) is 21.1 Å². The van der Waals surface area contributed by atoms with Crippen molar-refractivity contribution in [3.8, 4) is 5.75 Å². The van der Waals surface area contributed by atoms with E-state index in [1.807, 2.05) is 48.2 Å². The smallest absolute Gasteiger partial charge is 0.356 e. The van der Waals surface area contributed by atoms with Gasteiger partial charge in [0.2, 0.25) is 0 Å². The number of pyridine rings is 1. The van der Waals surface area contributed by atoms with Crippen LogP contribution in [0.1, 0.15) is 58.7 Å². The van der Waals surface area contributed by atoms with E-state index in [0.29, 0.717) is 23.0 Å². The van der Waals surface area contributed by atoms with Crippen LogP contribution in [0.3, 0.4) is 0 Å². The molecular formula is C27H29ClN4O4. The van der Waals surface area contributed by atoms with Gasteiger partial charge in [0.1, 0.15) is 11.4 Å². The fraction of sp³-hybridized carbons (Fsp3) is 0.333. The molecule has 1 N–H and O–H groups in total. The lowest BCUT2D eigenvalue weighted by Crippen LogP contribution is -2.31. The number of carbonyl (C=O) groups is 2. The average Bonchev–Trinajstić information content (AvgIpc) is 3.60. The van der Waals surface area contributed by atoms with Crippen LogP contribution >= 0.6 is 11.6 Å². The predicted octanol–water partition coefficient (Wildman–Crippen LogP) is 4.78. The van der Waals surface area contributed by atoms with Gasteiger partial charge in [0.25, 0.3) is 5.91 Å². The molecule has 0 bridgehead atoms. The molecule has 0 radical (unpaired) electrons. The molecule has 1 aliphatic carbocycles. The molecule has 2 heterocycles. The fourth-order valence-corrected chi connectivity index (χ4v) is 3.68. The van der Waals surface area contributed by atoms with Crippen molar-refractivity contribution in [3.63, 3.8) is 0 Å². The van der Waals surface area contributed by atoms with Gasteiger partial charge in [0.05, 0.1) is 26.0 Å². The zero-order valence-corrected chi connectivity index (χ0v) is 21.1. The van der Waals surface area contributed by atoms with Gasteiger partial charge in [-0.05, 0) is 62.4 Å². The maximum atomic E-state index is 12.6. The number of carbonyl (C=O) groups excluding carboxylic acids is 2. The first-order valence-electron chi connectivity index (χ1n) is 12.0. The van der Waals surface area contributed by atoms with Crippen LogP contribution in [0.25, 0.3) is 6.08 Å². The van der Waals surface area contributed by atoms with E-state index >= 15 is 0 Å². The molecule has 1 fully saturated rings. The number of rotatable bonds is 11. The zero-order valence-electron chi connectivity index (χ0n) is 20.3. The van der Waals surface area contributed by atoms with E-state index in [9.17, 15) is 9.59 Å². The number of amides is 1. The van der Waals surface area contributed by atoms with Crippen molar-refractivity contribution in [3.05, 3.63) is 82.4 Å². The number of benzene rings is 1. The summed E-state index contributed by atoms with van der Waals surface area (Å²) in [5.74, 6) is 0.612. The second kappa shape index (κ2) is 11.9. The van der Waals surface area contributed by atoms with Gasteiger partial charge in [0.15, 0.2) is 0 Å². The molecule has 1 aromatic carbocycles. The first-order chi connectivity index (χ1) is 17.4. The zero-order chi connectivity index (χ0) is 25.5. The standard InChI is InChI=1S/C27H29ClN4O4/c1-3-35-27(34)25-12-21(10-11-29-25)26(33)31-18(2)4-5-20-14-30-32(15-20)16-22-8-9-23(13-24(22)28)36-17-19-6-7-19/h4-5,8-15,18-19H,3,6-7,16-17H2,1-2H3,(H,31,33)/t18-/m0/s1. The molecule has 36 heavy (non-hydrogen) atoms. The Morgan fingerprint density at radius 1 is 1.28 bits per heavy atom. The van der Waals surface area contributed by atoms with Crippen molar-refractivity contribution in [2.45, 2.75) is 39.3 Å². The lowest BCUT2D eigenvalue weighted by atomic mass is 10.2. The van der Waals surface area contributed by atoms with Crippen LogP contribution in [0.2, 0.25) is 5.02 Å². The lowest BCUT2D eigenvalue weighted by molar-refractivity contribution is 0.0519. The van der Waals surface area contributed by atoms with Gasteiger partial charge in [-0.15, -0.1) is 0 Å². The molecule has 1 atom stereocenters. The molecule has 1 aliphatic rings. The summed E-state index contributed by atoms with van der Waals surface area (Å²) >= 11 is 6.46. The number of hydrogen-bond donors (Lipinski definition) is 1. The van der Waals surface area contributed by atoms with Gasteiger partial charge in [-0.3, -0.25) is 9.48 Å². The van der Waals surface area contributed by atoms with Crippen LogP contribution in [-0.2, 0) is 11.3 Å². The third kappa shape index (κ3) is 7.18. The van der Waals surface area contributed by atoms with E-state index < -0.39 is 5.97 Å². The Kier molecular flexibility index (Phi) is 8.38. The third-order valence-corrected chi connectivity index (χ3v) is 5.99. The Labute approximate surface area is 215 Å². The Morgan fingerprint density at radius 2 is 2.11 bits per heavy atom. The minimum Gasteiger partial charge on any atom is -0.493 e. The van der Waals surface area contributed by atoms with E-state index in [0.717, 1.165) is 23.5 Å². The van der Waals surface area contributed by atoms with E-state index in [1.165, 1.54) is 25.1 Å². The fourth-order valence-electron chi connectivity index (χ4n) is 3.45. The van der Waals surface area contributed by atoms with Gasteiger partial charge in [-0.25, -0.2) is 9.78 Å². The minimum absolute atomic E-state index is 0.0978. The van der Waals surface area contributed by atoms with Crippen molar-refractivity contribution in [2.75, 3.05) is 13.2 Å². The summed E-state index contributed by atoms with van der Waals surface area (Å²) < 4.78 is 12.5. The maximum Gasteiger partial charge on any atom is 0.356 e. The Balaban J connectivity index is 1.30. The summed E-state index contributed by atoms with van der Waals surface area (Å²) in [6, 6.07) is 8.48. The highest BCUT2D eigenvalue weighted by molar-refractivity contribution is 6.31. The van der Waals surface area contributed by atoms with Gasteiger partial charge in [-0.2, -0.15) is 5.10 Å². The molecular weight excluding hydrogens is 480 g/mol. The Hall–Kier alpha value is -3.65. The number of halogens is 1. The van der Waals surface area contributed by atoms with E-state index in [-0.39, 0.29) is 24.2 Å². The molecule has 9 heteroatoms. The molecule has 1 amide bonds. The highest BCUT2D eigenvalue weighted by Gasteiger charge is 2.22. The Bertz CT molecular complexity index is 1250. The van der Waals surface area contributed by atoms with E-state index in [1.54, 1.807) is 19.2 Å². The summed E-state index contributed by atoms with van der Waals surface area (Å²) in [7, 11) is 0. The quantitative estimate of drug-likeness (QED) is 0.375. The number of nitrogens with one attached hydrogen (secondary N) is 1. The van der Waals surface area contributed by atoms with Crippen molar-refractivity contribution >= 4 is 29.6 Å². The van der Waals surface area contributed by atoms with Crippen LogP contribution in [-0.4, -0.2) is 45.9 Å². The number of ether oxygens (including phenoxy) is 2. The lowest BCUT2D eigenvalue weighted by Gasteiger charge is -2.10. The van der Waals surface area contributed by atoms with Gasteiger partial charge >= 0.3 is 5.97 Å². The molecule has 188 valence electrons. The van der Waals surface area contributed by atoms with Gasteiger partial charge < -0.3 is 14.8 Å². The molecule has 8 nitrogen and oxygen atoms in total. The topological polar surface area (TPSA) is 95.3 Å². The summed E-state index contributed by atoms with van der Waals surface area (Å²) in [6.07, 6.45) is 11.3. The largest absolute Gasteiger partial charge is 0.493 e. The summed E-state index contributed by atoms with van der Waals surface area (Å²) in [5, 5.41) is 7.94. The SMILES string of the molecule is CCOC(=O)c1cc(C(=O)N[C@@H](C)C=Cc2cnn(Cc3ccc(OCC4CC4)cc3Cl)c2)ccn1. The molecule has 0 saturated heterocycles. The molecule has 3 aromatic rings. The molecule has 4 rings (SSSR count). The van der Waals surface area contributed by atoms with E-state index in [2.05, 4.69) is 15.4 Å². The second-order valence-corrected chi connectivity index (χ2v) is 9.16. The first kappa shape index (κ1) is 25.4. The molecule has 1 saturated carbocycles. The van der Waals surface area contributed by atoms with Crippen molar-refractivity contribution < 1.29 is 19.1 Å². The monoisotopic (exact) mass is 508 g/mol. The summed E-state index contributed by atoms with van der Waals surface area (Å²) in [4.78, 5) is 28.4. The van der Waals surface area contributed by atoms with Gasteiger partial charge in [0, 0.05) is 34.6 Å². The summed E-state index contributed by atoms with van der Waals surface area (Å²) in [5.41, 5.74) is 2.28. The first-order valence-corrected chi connectivity index (χ1v) is 12.3. The molecule has 0 spiro atoms. The van der Waals surface area contributed by atoms with Crippen molar-refractivity contribution in [2.24, 2.45) is 5.92 Å². The molecule has 2 aromatic heterocycles. The van der Waals surface area contributed by atoms with Crippen LogP contribution in [0, 0.1) is 5.92 Å². The highest BCUT2D eigenvalue weighted by atomic mass is 35.5. The second-order valence-electron chi connectivity index (χ2n) is 8.75. The third-order valence-electron chi connectivity index (χ3n) is 5.64. The molecule has 0 aliphatic heterocycles. The van der Waals surface area contributed by atoms with Crippen LogP contribution in [0.5, 0.6) is 5.75 Å². The van der Waals surface area contributed by atoms with Gasteiger partial charge in [-0.1, -0.05) is 29.8 Å².